The standard InChI is InChI=1S/C23H16BrFN2O3/c24-15-8-12-17(13-9-15)26-22(28)19-20(14-6-10-16(25)11-7-14)27(30-21(19)23(26)29)18-4-2-1-3-5-18/h1-13,19-21H/t19-,20-,21+/m0/s1. The predicted molar refractivity (Wildman–Crippen MR) is 113 cm³/mol. The van der Waals surface area contributed by atoms with E-state index in [4.69, 9.17) is 4.84 Å². The molecule has 3 atom stereocenters. The van der Waals surface area contributed by atoms with Crippen molar-refractivity contribution >= 4 is 39.1 Å². The Labute approximate surface area is 180 Å². The summed E-state index contributed by atoms with van der Waals surface area (Å²) < 4.78 is 14.4. The first-order valence-corrected chi connectivity index (χ1v) is 10.2. The Bertz CT molecular complexity index is 1110. The Balaban J connectivity index is 1.58. The van der Waals surface area contributed by atoms with Gasteiger partial charge in [-0.05, 0) is 54.1 Å². The van der Waals surface area contributed by atoms with E-state index in [-0.39, 0.29) is 11.7 Å². The van der Waals surface area contributed by atoms with E-state index in [9.17, 15) is 14.0 Å². The van der Waals surface area contributed by atoms with E-state index >= 15 is 0 Å². The molecule has 2 aliphatic heterocycles. The zero-order chi connectivity index (χ0) is 20.8. The van der Waals surface area contributed by atoms with E-state index in [0.717, 1.165) is 10.2 Å². The Morgan fingerprint density at radius 2 is 1.47 bits per heavy atom. The van der Waals surface area contributed by atoms with E-state index in [2.05, 4.69) is 15.9 Å². The van der Waals surface area contributed by atoms with Gasteiger partial charge in [0.05, 0.1) is 17.4 Å². The second-order valence-electron chi connectivity index (χ2n) is 7.20. The lowest BCUT2D eigenvalue weighted by molar-refractivity contribution is -0.126. The summed E-state index contributed by atoms with van der Waals surface area (Å²) in [6, 6.07) is 21.6. The molecule has 0 aromatic heterocycles. The minimum absolute atomic E-state index is 0.333. The summed E-state index contributed by atoms with van der Waals surface area (Å²) in [6.45, 7) is 0. The highest BCUT2D eigenvalue weighted by atomic mass is 79.9. The number of imide groups is 1. The molecule has 150 valence electrons. The van der Waals surface area contributed by atoms with Crippen LogP contribution in [0.15, 0.2) is 83.3 Å². The molecule has 30 heavy (non-hydrogen) atoms. The van der Waals surface area contributed by atoms with Crippen LogP contribution in [0.4, 0.5) is 15.8 Å². The fourth-order valence-electron chi connectivity index (χ4n) is 4.06. The van der Waals surface area contributed by atoms with Crippen molar-refractivity contribution in [3.63, 3.8) is 0 Å². The number of fused-ring (bicyclic) bond motifs is 1. The average molecular weight is 467 g/mol. The van der Waals surface area contributed by atoms with E-state index in [0.29, 0.717) is 11.3 Å². The van der Waals surface area contributed by atoms with Crippen LogP contribution >= 0.6 is 15.9 Å². The van der Waals surface area contributed by atoms with Crippen molar-refractivity contribution in [2.75, 3.05) is 9.96 Å². The maximum Gasteiger partial charge on any atom is 0.266 e. The molecule has 0 radical (unpaired) electrons. The first-order chi connectivity index (χ1) is 14.5. The number of anilines is 2. The molecule has 0 bridgehead atoms. The Kier molecular flexibility index (Phi) is 4.64. The van der Waals surface area contributed by atoms with E-state index in [1.54, 1.807) is 41.5 Å². The first kappa shape index (κ1) is 19.0. The van der Waals surface area contributed by atoms with Gasteiger partial charge in [0.2, 0.25) is 5.91 Å². The minimum atomic E-state index is -0.948. The number of hydroxylamine groups is 1. The SMILES string of the molecule is O=C1[C@@H]2[C@@H](ON(c3ccccc3)[C@H]2c2ccc(F)cc2)C(=O)N1c1ccc(Br)cc1. The van der Waals surface area contributed by atoms with Gasteiger partial charge in [-0.25, -0.2) is 14.4 Å². The van der Waals surface area contributed by atoms with Crippen LogP contribution in [0.2, 0.25) is 0 Å². The zero-order valence-corrected chi connectivity index (χ0v) is 17.2. The Morgan fingerprint density at radius 3 is 2.13 bits per heavy atom. The average Bonchev–Trinajstić information content (AvgIpc) is 3.27. The van der Waals surface area contributed by atoms with Crippen LogP contribution in [0, 0.1) is 11.7 Å². The molecule has 0 aliphatic carbocycles. The Morgan fingerprint density at radius 1 is 0.800 bits per heavy atom. The van der Waals surface area contributed by atoms with Gasteiger partial charge in [-0.3, -0.25) is 14.4 Å². The molecule has 0 saturated carbocycles. The number of rotatable bonds is 3. The van der Waals surface area contributed by atoms with Crippen LogP contribution in [0.5, 0.6) is 0 Å². The van der Waals surface area contributed by atoms with Gasteiger partial charge in [0.15, 0.2) is 6.10 Å². The lowest BCUT2D eigenvalue weighted by atomic mass is 9.90. The second-order valence-corrected chi connectivity index (χ2v) is 8.11. The number of para-hydroxylation sites is 1. The molecule has 2 heterocycles. The highest BCUT2D eigenvalue weighted by Gasteiger charge is 2.60. The van der Waals surface area contributed by atoms with Gasteiger partial charge < -0.3 is 0 Å². The van der Waals surface area contributed by atoms with Crippen molar-refractivity contribution in [2.24, 2.45) is 5.92 Å². The molecular formula is C23H16BrFN2O3. The number of carbonyl (C=O) groups excluding carboxylic acids is 2. The number of carbonyl (C=O) groups is 2. The zero-order valence-electron chi connectivity index (χ0n) is 15.6. The van der Waals surface area contributed by atoms with Crippen molar-refractivity contribution in [3.8, 4) is 0 Å². The molecule has 5 nitrogen and oxygen atoms in total. The van der Waals surface area contributed by atoms with Gasteiger partial charge in [-0.15, -0.1) is 0 Å². The van der Waals surface area contributed by atoms with Gasteiger partial charge >= 0.3 is 0 Å². The highest BCUT2D eigenvalue weighted by Crippen LogP contribution is 2.47. The summed E-state index contributed by atoms with van der Waals surface area (Å²) in [5, 5.41) is 1.59. The molecule has 7 heteroatoms. The van der Waals surface area contributed by atoms with Gasteiger partial charge in [-0.1, -0.05) is 46.3 Å². The van der Waals surface area contributed by atoms with Crippen molar-refractivity contribution in [3.05, 3.63) is 94.7 Å². The molecule has 0 unspecified atom stereocenters. The van der Waals surface area contributed by atoms with Crippen LogP contribution in [-0.2, 0) is 14.4 Å². The van der Waals surface area contributed by atoms with E-state index < -0.39 is 24.0 Å². The third-order valence-electron chi connectivity index (χ3n) is 5.42. The lowest BCUT2D eigenvalue weighted by Gasteiger charge is -2.28. The van der Waals surface area contributed by atoms with E-state index in [1.165, 1.54) is 17.0 Å². The number of hydrogen-bond donors (Lipinski definition) is 0. The van der Waals surface area contributed by atoms with Crippen LogP contribution in [0.25, 0.3) is 0 Å². The fraction of sp³-hybridized carbons (Fsp3) is 0.130. The minimum Gasteiger partial charge on any atom is -0.273 e. The molecule has 0 spiro atoms. The lowest BCUT2D eigenvalue weighted by Crippen LogP contribution is -2.37. The van der Waals surface area contributed by atoms with Crippen molar-refractivity contribution < 1.29 is 18.8 Å². The largest absolute Gasteiger partial charge is 0.273 e. The number of nitrogens with zero attached hydrogens (tertiary/aromatic N) is 2. The van der Waals surface area contributed by atoms with Crippen LogP contribution in [0.3, 0.4) is 0 Å². The van der Waals surface area contributed by atoms with Gasteiger partial charge in [0.25, 0.3) is 5.91 Å². The maximum absolute atomic E-state index is 13.5. The molecular weight excluding hydrogens is 451 g/mol. The van der Waals surface area contributed by atoms with Crippen molar-refractivity contribution in [1.29, 1.82) is 0 Å². The molecule has 3 aromatic carbocycles. The second kappa shape index (κ2) is 7.34. The number of halogens is 2. The maximum atomic E-state index is 13.5. The first-order valence-electron chi connectivity index (χ1n) is 9.44. The van der Waals surface area contributed by atoms with Gasteiger partial charge in [0, 0.05) is 4.47 Å². The van der Waals surface area contributed by atoms with Crippen molar-refractivity contribution in [2.45, 2.75) is 12.1 Å². The monoisotopic (exact) mass is 466 g/mol. The number of benzene rings is 3. The van der Waals surface area contributed by atoms with Crippen LogP contribution in [-0.4, -0.2) is 17.9 Å². The van der Waals surface area contributed by atoms with Crippen LogP contribution < -0.4 is 9.96 Å². The predicted octanol–water partition coefficient (Wildman–Crippen LogP) is 4.64. The molecule has 5 rings (SSSR count). The normalized spacial score (nSPS) is 23.2. The third-order valence-corrected chi connectivity index (χ3v) is 5.95. The summed E-state index contributed by atoms with van der Waals surface area (Å²) in [6.07, 6.45) is -0.948. The summed E-state index contributed by atoms with van der Waals surface area (Å²) in [5.41, 5.74) is 1.92. The highest BCUT2D eigenvalue weighted by molar-refractivity contribution is 9.10. The van der Waals surface area contributed by atoms with Gasteiger partial charge in [0.1, 0.15) is 11.7 Å². The summed E-state index contributed by atoms with van der Waals surface area (Å²) in [5.74, 6) is -1.85. The molecule has 2 saturated heterocycles. The number of amides is 2. The quantitative estimate of drug-likeness (QED) is 0.527. The van der Waals surface area contributed by atoms with Crippen LogP contribution in [0.1, 0.15) is 11.6 Å². The smallest absolute Gasteiger partial charge is 0.266 e. The molecule has 2 aliphatic rings. The summed E-state index contributed by atoms with van der Waals surface area (Å²) >= 11 is 3.36. The summed E-state index contributed by atoms with van der Waals surface area (Å²) in [7, 11) is 0. The molecule has 2 amide bonds. The molecule has 0 N–H and O–H groups in total. The molecule has 2 fully saturated rings. The van der Waals surface area contributed by atoms with Crippen molar-refractivity contribution in [1.82, 2.24) is 0 Å². The fourth-order valence-corrected chi connectivity index (χ4v) is 4.32. The van der Waals surface area contributed by atoms with Gasteiger partial charge in [-0.2, -0.15) is 0 Å². The van der Waals surface area contributed by atoms with E-state index in [1.807, 2.05) is 30.3 Å². The number of hydrogen-bond acceptors (Lipinski definition) is 4. The third kappa shape index (κ3) is 3.02. The topological polar surface area (TPSA) is 49.9 Å². The molecule has 3 aromatic rings. The Hall–Kier alpha value is -3.03. The summed E-state index contributed by atoms with van der Waals surface area (Å²) in [4.78, 5) is 33.8.